The van der Waals surface area contributed by atoms with Crippen LogP contribution in [0.2, 0.25) is 0 Å². The molecule has 0 atom stereocenters. The first-order valence-electron chi connectivity index (χ1n) is 6.60. The minimum Gasteiger partial charge on any atom is -0.384 e. The summed E-state index contributed by atoms with van der Waals surface area (Å²) in [5.41, 5.74) is 3.89. The Kier molecular flexibility index (Phi) is 4.79. The fourth-order valence-electron chi connectivity index (χ4n) is 2.02. The lowest BCUT2D eigenvalue weighted by atomic mass is 10.1. The van der Waals surface area contributed by atoms with Gasteiger partial charge in [-0.15, -0.1) is 11.3 Å². The molecule has 0 fully saturated rings. The molecular formula is C17H17NO2S. The Morgan fingerprint density at radius 1 is 1.24 bits per heavy atom. The third-order valence-electron chi connectivity index (χ3n) is 3.14. The number of amides is 1. The molecule has 0 saturated carbocycles. The number of hydrogen-bond donors (Lipinski definition) is 2. The van der Waals surface area contributed by atoms with Crippen molar-refractivity contribution in [1.29, 1.82) is 0 Å². The topological polar surface area (TPSA) is 49.3 Å². The number of benzene rings is 1. The van der Waals surface area contributed by atoms with Crippen LogP contribution in [0.5, 0.6) is 0 Å². The van der Waals surface area contributed by atoms with Crippen molar-refractivity contribution in [1.82, 2.24) is 0 Å². The standard InChI is InChI=1S/C17H17NO2S/c1-11-6-4-7-12(2)16(11)18-17(20)15-10-13(3)14(21-15)8-5-9-19/h4,6-7,10,19H,9H2,1-3H3,(H,18,20). The number of aliphatic hydroxyl groups excluding tert-OH is 1. The van der Waals surface area contributed by atoms with Gasteiger partial charge in [0.05, 0.1) is 9.75 Å². The summed E-state index contributed by atoms with van der Waals surface area (Å²) in [6, 6.07) is 7.74. The molecule has 1 amide bonds. The predicted molar refractivity (Wildman–Crippen MR) is 86.9 cm³/mol. The summed E-state index contributed by atoms with van der Waals surface area (Å²) in [4.78, 5) is 13.8. The summed E-state index contributed by atoms with van der Waals surface area (Å²) in [7, 11) is 0. The lowest BCUT2D eigenvalue weighted by Crippen LogP contribution is -2.12. The Hall–Kier alpha value is -2.09. The number of thiophene rings is 1. The number of carbonyl (C=O) groups excluding carboxylic acids is 1. The van der Waals surface area contributed by atoms with Crippen molar-refractivity contribution in [3.05, 3.63) is 50.7 Å². The van der Waals surface area contributed by atoms with Gasteiger partial charge >= 0.3 is 0 Å². The summed E-state index contributed by atoms with van der Waals surface area (Å²) >= 11 is 1.34. The first kappa shape index (κ1) is 15.3. The fraction of sp³-hybridized carbons (Fsp3) is 0.235. The molecule has 2 N–H and O–H groups in total. The third-order valence-corrected chi connectivity index (χ3v) is 4.29. The molecule has 2 rings (SSSR count). The van der Waals surface area contributed by atoms with Crippen molar-refractivity contribution >= 4 is 22.9 Å². The second-order valence-corrected chi connectivity index (χ2v) is 5.86. The highest BCUT2D eigenvalue weighted by molar-refractivity contribution is 7.14. The number of aliphatic hydroxyl groups is 1. The molecule has 0 bridgehead atoms. The van der Waals surface area contributed by atoms with Gasteiger partial charge < -0.3 is 10.4 Å². The number of para-hydroxylation sites is 1. The Bertz CT molecular complexity index is 715. The van der Waals surface area contributed by atoms with Gasteiger partial charge in [0, 0.05) is 5.69 Å². The number of carbonyl (C=O) groups is 1. The molecule has 108 valence electrons. The lowest BCUT2D eigenvalue weighted by molar-refractivity contribution is 0.103. The van der Waals surface area contributed by atoms with Crippen molar-refractivity contribution in [3.8, 4) is 11.8 Å². The smallest absolute Gasteiger partial charge is 0.265 e. The van der Waals surface area contributed by atoms with E-state index in [0.29, 0.717) is 4.88 Å². The zero-order valence-electron chi connectivity index (χ0n) is 12.3. The van der Waals surface area contributed by atoms with E-state index in [0.717, 1.165) is 27.3 Å². The largest absolute Gasteiger partial charge is 0.384 e. The highest BCUT2D eigenvalue weighted by Gasteiger charge is 2.13. The summed E-state index contributed by atoms with van der Waals surface area (Å²) in [6.45, 7) is 5.68. The van der Waals surface area contributed by atoms with E-state index in [4.69, 9.17) is 5.11 Å². The van der Waals surface area contributed by atoms with E-state index < -0.39 is 0 Å². The lowest BCUT2D eigenvalue weighted by Gasteiger charge is -2.10. The molecular weight excluding hydrogens is 282 g/mol. The molecule has 0 unspecified atom stereocenters. The first-order chi connectivity index (χ1) is 10.0. The Labute approximate surface area is 128 Å². The number of nitrogens with one attached hydrogen (secondary N) is 1. The van der Waals surface area contributed by atoms with Gasteiger partial charge in [-0.25, -0.2) is 0 Å². The minimum absolute atomic E-state index is 0.127. The van der Waals surface area contributed by atoms with Crippen LogP contribution in [0.25, 0.3) is 0 Å². The second-order valence-electron chi connectivity index (χ2n) is 4.80. The highest BCUT2D eigenvalue weighted by Crippen LogP contribution is 2.24. The maximum Gasteiger partial charge on any atom is 0.265 e. The third kappa shape index (κ3) is 3.52. The fourth-order valence-corrected chi connectivity index (χ4v) is 2.97. The van der Waals surface area contributed by atoms with Gasteiger partial charge in [-0.2, -0.15) is 0 Å². The quantitative estimate of drug-likeness (QED) is 0.836. The first-order valence-corrected chi connectivity index (χ1v) is 7.42. The molecule has 3 nitrogen and oxygen atoms in total. The summed E-state index contributed by atoms with van der Waals surface area (Å²) < 4.78 is 0. The van der Waals surface area contributed by atoms with Gasteiger partial charge in [-0.1, -0.05) is 30.0 Å². The average Bonchev–Trinajstić information content (AvgIpc) is 2.82. The van der Waals surface area contributed by atoms with Crippen LogP contribution in [0, 0.1) is 32.6 Å². The summed E-state index contributed by atoms with van der Waals surface area (Å²) in [5.74, 6) is 5.35. The second kappa shape index (κ2) is 6.57. The molecule has 0 spiro atoms. The molecule has 1 aromatic carbocycles. The molecule has 0 aliphatic carbocycles. The van der Waals surface area contributed by atoms with E-state index in [-0.39, 0.29) is 12.5 Å². The van der Waals surface area contributed by atoms with Crippen molar-refractivity contribution in [3.63, 3.8) is 0 Å². The molecule has 0 aliphatic rings. The van der Waals surface area contributed by atoms with Crippen molar-refractivity contribution in [2.75, 3.05) is 11.9 Å². The van der Waals surface area contributed by atoms with Gasteiger partial charge in [0.2, 0.25) is 0 Å². The monoisotopic (exact) mass is 299 g/mol. The number of rotatable bonds is 2. The highest BCUT2D eigenvalue weighted by atomic mass is 32.1. The normalized spacial score (nSPS) is 9.90. The van der Waals surface area contributed by atoms with E-state index in [1.807, 2.05) is 45.0 Å². The zero-order chi connectivity index (χ0) is 15.4. The minimum atomic E-state index is -0.179. The molecule has 0 radical (unpaired) electrons. The van der Waals surface area contributed by atoms with Gasteiger partial charge in [0.15, 0.2) is 0 Å². The molecule has 1 aromatic heterocycles. The van der Waals surface area contributed by atoms with Crippen LogP contribution in [-0.4, -0.2) is 17.6 Å². The van der Waals surface area contributed by atoms with E-state index in [1.54, 1.807) is 0 Å². The van der Waals surface area contributed by atoms with Gasteiger partial charge in [0.1, 0.15) is 6.61 Å². The van der Waals surface area contributed by atoms with Gasteiger partial charge in [0.25, 0.3) is 5.91 Å². The summed E-state index contributed by atoms with van der Waals surface area (Å²) in [5, 5.41) is 11.7. The van der Waals surface area contributed by atoms with Crippen molar-refractivity contribution in [2.45, 2.75) is 20.8 Å². The number of anilines is 1. The molecule has 2 aromatic rings. The van der Waals surface area contributed by atoms with E-state index in [2.05, 4.69) is 17.2 Å². The average molecular weight is 299 g/mol. The maximum absolute atomic E-state index is 12.4. The van der Waals surface area contributed by atoms with Gasteiger partial charge in [-0.3, -0.25) is 4.79 Å². The Balaban J connectivity index is 2.25. The van der Waals surface area contributed by atoms with E-state index in [9.17, 15) is 4.79 Å². The van der Waals surface area contributed by atoms with E-state index in [1.165, 1.54) is 11.3 Å². The summed E-state index contributed by atoms with van der Waals surface area (Å²) in [6.07, 6.45) is 0. The predicted octanol–water partition coefficient (Wildman–Crippen LogP) is 3.27. The van der Waals surface area contributed by atoms with Crippen molar-refractivity contribution < 1.29 is 9.90 Å². The number of hydrogen-bond acceptors (Lipinski definition) is 3. The molecule has 4 heteroatoms. The van der Waals surface area contributed by atoms with Crippen LogP contribution >= 0.6 is 11.3 Å². The van der Waals surface area contributed by atoms with Gasteiger partial charge in [-0.05, 0) is 43.5 Å². The number of aryl methyl sites for hydroxylation is 3. The van der Waals surface area contributed by atoms with Crippen LogP contribution in [-0.2, 0) is 0 Å². The zero-order valence-corrected chi connectivity index (χ0v) is 13.1. The van der Waals surface area contributed by atoms with E-state index >= 15 is 0 Å². The molecule has 0 saturated heterocycles. The van der Waals surface area contributed by atoms with Crippen LogP contribution < -0.4 is 5.32 Å². The SMILES string of the molecule is Cc1cc(C(=O)Nc2c(C)cccc2C)sc1C#CCO. The molecule has 0 aliphatic heterocycles. The van der Waals surface area contributed by atoms with Crippen molar-refractivity contribution in [2.24, 2.45) is 0 Å². The maximum atomic E-state index is 12.4. The molecule has 1 heterocycles. The Morgan fingerprint density at radius 3 is 2.52 bits per heavy atom. The van der Waals surface area contributed by atoms with Crippen LogP contribution in [0.4, 0.5) is 5.69 Å². The molecule has 21 heavy (non-hydrogen) atoms. The van der Waals surface area contributed by atoms with Crippen LogP contribution in [0.1, 0.15) is 31.2 Å². The van der Waals surface area contributed by atoms with Crippen LogP contribution in [0.3, 0.4) is 0 Å². The van der Waals surface area contributed by atoms with Crippen LogP contribution in [0.15, 0.2) is 24.3 Å². The Morgan fingerprint density at radius 2 is 1.90 bits per heavy atom.